The Hall–Kier alpha value is -3.73. The minimum atomic E-state index is -4.00. The number of rotatable bonds is 8. The number of carbonyl (C=O) groups is 1. The molecule has 0 unspecified atom stereocenters. The molecule has 0 aromatic heterocycles. The highest BCUT2D eigenvalue weighted by atomic mass is 32.2. The van der Waals surface area contributed by atoms with Gasteiger partial charge in [-0.2, -0.15) is 4.31 Å². The van der Waals surface area contributed by atoms with Gasteiger partial charge < -0.3 is 4.90 Å². The van der Waals surface area contributed by atoms with Crippen molar-refractivity contribution in [2.45, 2.75) is 57.8 Å². The number of aryl methyl sites for hydroxylation is 4. The number of sulfonamides is 2. The molecule has 1 aliphatic rings. The van der Waals surface area contributed by atoms with Crippen molar-refractivity contribution in [2.75, 3.05) is 37.0 Å². The first-order chi connectivity index (χ1) is 21.2. The third-order valence-electron chi connectivity index (χ3n) is 8.82. The van der Waals surface area contributed by atoms with Gasteiger partial charge in [-0.3, -0.25) is 9.10 Å². The van der Waals surface area contributed by atoms with Crippen LogP contribution in [0.4, 0.5) is 5.69 Å². The highest BCUT2D eigenvalue weighted by molar-refractivity contribution is 7.92. The first kappa shape index (κ1) is 32.7. The van der Waals surface area contributed by atoms with E-state index in [0.29, 0.717) is 10.6 Å². The summed E-state index contributed by atoms with van der Waals surface area (Å²) in [5.74, 6) is -0.214. The highest BCUT2D eigenvalue weighted by Crippen LogP contribution is 2.31. The maximum Gasteiger partial charge on any atom is 0.264 e. The van der Waals surface area contributed by atoms with E-state index in [1.807, 2.05) is 90.1 Å². The van der Waals surface area contributed by atoms with E-state index in [1.165, 1.54) is 8.61 Å². The predicted molar refractivity (Wildman–Crippen MR) is 180 cm³/mol. The fourth-order valence-electron chi connectivity index (χ4n) is 6.17. The number of hydrogen-bond acceptors (Lipinski definition) is 5. The normalized spacial score (nSPS) is 14.6. The number of anilines is 1. The van der Waals surface area contributed by atoms with Crippen molar-refractivity contribution in [3.63, 3.8) is 0 Å². The average Bonchev–Trinajstić information content (AvgIpc) is 2.99. The standard InChI is InChI=1S/C35H41N3O5S2/c1-24-19-25(2)21-32(20-24)38(44(40,41)33-12-11-30-9-7-8-10-31(30)23-33)14-13-34(39)36-15-17-37(18-16-36)45(42,43)35-28(5)26(3)22-27(4)29(35)6/h7-12,19-23H,13-18H2,1-6H3. The molecule has 45 heavy (non-hydrogen) atoms. The van der Waals surface area contributed by atoms with Gasteiger partial charge in [-0.1, -0.05) is 42.5 Å². The molecule has 10 heteroatoms. The summed E-state index contributed by atoms with van der Waals surface area (Å²) >= 11 is 0. The molecule has 0 bridgehead atoms. The zero-order chi connectivity index (χ0) is 32.7. The Bertz CT molecular complexity index is 1950. The Balaban J connectivity index is 1.34. The van der Waals surface area contributed by atoms with Crippen LogP contribution >= 0.6 is 0 Å². The first-order valence-corrected chi connectivity index (χ1v) is 18.0. The molecule has 0 N–H and O–H groups in total. The summed E-state index contributed by atoms with van der Waals surface area (Å²) in [7, 11) is -7.75. The Morgan fingerprint density at radius 2 is 1.29 bits per heavy atom. The second kappa shape index (κ2) is 12.6. The molecule has 4 aromatic rings. The quantitative estimate of drug-likeness (QED) is 0.241. The van der Waals surface area contributed by atoms with Crippen LogP contribution in [0.2, 0.25) is 0 Å². The summed E-state index contributed by atoms with van der Waals surface area (Å²) in [5.41, 5.74) is 5.69. The molecule has 0 radical (unpaired) electrons. The number of hydrogen-bond donors (Lipinski definition) is 0. The number of carbonyl (C=O) groups excluding carboxylic acids is 1. The summed E-state index contributed by atoms with van der Waals surface area (Å²) in [6.07, 6.45) is -0.0398. The van der Waals surface area contributed by atoms with E-state index in [1.54, 1.807) is 23.1 Å². The van der Waals surface area contributed by atoms with Crippen LogP contribution in [0.1, 0.15) is 39.8 Å². The van der Waals surface area contributed by atoms with Crippen LogP contribution < -0.4 is 4.31 Å². The lowest BCUT2D eigenvalue weighted by atomic mass is 10.0. The molecule has 1 amide bonds. The van der Waals surface area contributed by atoms with Gasteiger partial charge in [0.1, 0.15) is 0 Å². The van der Waals surface area contributed by atoms with E-state index in [9.17, 15) is 21.6 Å². The molecule has 5 rings (SSSR count). The fraction of sp³-hybridized carbons (Fsp3) is 0.343. The largest absolute Gasteiger partial charge is 0.340 e. The van der Waals surface area contributed by atoms with Gasteiger partial charge in [-0.05, 0) is 110 Å². The maximum atomic E-state index is 14.1. The van der Waals surface area contributed by atoms with Crippen LogP contribution in [-0.2, 0) is 24.8 Å². The summed E-state index contributed by atoms with van der Waals surface area (Å²) in [6.45, 7) is 12.1. The summed E-state index contributed by atoms with van der Waals surface area (Å²) in [4.78, 5) is 15.6. The van der Waals surface area contributed by atoms with Gasteiger partial charge in [-0.15, -0.1) is 0 Å². The van der Waals surface area contributed by atoms with E-state index < -0.39 is 20.0 Å². The Morgan fingerprint density at radius 1 is 0.711 bits per heavy atom. The van der Waals surface area contributed by atoms with E-state index in [4.69, 9.17) is 0 Å². The van der Waals surface area contributed by atoms with Gasteiger partial charge >= 0.3 is 0 Å². The number of fused-ring (bicyclic) bond motifs is 1. The molecule has 1 heterocycles. The molecule has 1 saturated heterocycles. The van der Waals surface area contributed by atoms with Crippen molar-refractivity contribution in [3.05, 3.63) is 100 Å². The van der Waals surface area contributed by atoms with E-state index >= 15 is 0 Å². The Labute approximate surface area is 267 Å². The molecule has 0 spiro atoms. The van der Waals surface area contributed by atoms with Crippen LogP contribution in [0.3, 0.4) is 0 Å². The summed E-state index contributed by atoms with van der Waals surface area (Å²) in [6, 6.07) is 20.3. The SMILES string of the molecule is Cc1cc(C)cc(N(CCC(=O)N2CCN(S(=O)(=O)c3c(C)c(C)cc(C)c3C)CC2)S(=O)(=O)c2ccc3ccccc3c2)c1. The third kappa shape index (κ3) is 6.50. The number of nitrogens with zero attached hydrogens (tertiary/aromatic N) is 3. The van der Waals surface area contributed by atoms with Crippen molar-refractivity contribution < 1.29 is 21.6 Å². The van der Waals surface area contributed by atoms with Gasteiger partial charge in [-0.25, -0.2) is 16.8 Å². The van der Waals surface area contributed by atoms with Gasteiger partial charge in [0.2, 0.25) is 15.9 Å². The second-order valence-corrected chi connectivity index (χ2v) is 15.8. The van der Waals surface area contributed by atoms with E-state index in [2.05, 4.69) is 0 Å². The Morgan fingerprint density at radius 3 is 1.89 bits per heavy atom. The number of benzene rings is 4. The van der Waals surface area contributed by atoms with Crippen molar-refractivity contribution in [1.29, 1.82) is 0 Å². The van der Waals surface area contributed by atoms with E-state index in [0.717, 1.165) is 44.2 Å². The van der Waals surface area contributed by atoms with Crippen LogP contribution in [0.25, 0.3) is 10.8 Å². The minimum absolute atomic E-state index is 0.0398. The fourth-order valence-corrected chi connectivity index (χ4v) is 9.65. The van der Waals surface area contributed by atoms with Crippen molar-refractivity contribution >= 4 is 42.4 Å². The molecule has 238 valence electrons. The molecular weight excluding hydrogens is 607 g/mol. The Kier molecular flexibility index (Phi) is 9.13. The van der Waals surface area contributed by atoms with Crippen molar-refractivity contribution in [2.24, 2.45) is 0 Å². The minimum Gasteiger partial charge on any atom is -0.340 e. The van der Waals surface area contributed by atoms with Crippen LogP contribution in [0.15, 0.2) is 76.5 Å². The maximum absolute atomic E-state index is 14.1. The molecular formula is C35H41N3O5S2. The van der Waals surface area contributed by atoms with Gasteiger partial charge in [0.25, 0.3) is 10.0 Å². The molecule has 8 nitrogen and oxygen atoms in total. The van der Waals surface area contributed by atoms with Gasteiger partial charge in [0.05, 0.1) is 15.5 Å². The lowest BCUT2D eigenvalue weighted by Crippen LogP contribution is -2.51. The highest BCUT2D eigenvalue weighted by Gasteiger charge is 2.34. The van der Waals surface area contributed by atoms with Crippen molar-refractivity contribution in [1.82, 2.24) is 9.21 Å². The van der Waals surface area contributed by atoms with Crippen molar-refractivity contribution in [3.8, 4) is 0 Å². The van der Waals surface area contributed by atoms with E-state index in [-0.39, 0.29) is 49.9 Å². The first-order valence-electron chi connectivity index (χ1n) is 15.2. The molecule has 1 fully saturated rings. The molecule has 0 atom stereocenters. The molecule has 1 aliphatic heterocycles. The smallest absolute Gasteiger partial charge is 0.264 e. The molecule has 4 aromatic carbocycles. The van der Waals surface area contributed by atoms with Crippen LogP contribution in [0, 0.1) is 41.5 Å². The lowest BCUT2D eigenvalue weighted by Gasteiger charge is -2.35. The molecule has 0 saturated carbocycles. The summed E-state index contributed by atoms with van der Waals surface area (Å²) in [5, 5.41) is 1.75. The average molecular weight is 648 g/mol. The monoisotopic (exact) mass is 647 g/mol. The third-order valence-corrected chi connectivity index (χ3v) is 12.8. The second-order valence-electron chi connectivity index (χ2n) is 12.1. The zero-order valence-electron chi connectivity index (χ0n) is 26.8. The topological polar surface area (TPSA) is 95.1 Å². The predicted octanol–water partition coefficient (Wildman–Crippen LogP) is 5.81. The zero-order valence-corrected chi connectivity index (χ0v) is 28.4. The van der Waals surface area contributed by atoms with Crippen LogP contribution in [-0.4, -0.2) is 64.7 Å². The molecule has 0 aliphatic carbocycles. The van der Waals surface area contributed by atoms with Crippen LogP contribution in [0.5, 0.6) is 0 Å². The number of piperazine rings is 1. The number of amides is 1. The summed E-state index contributed by atoms with van der Waals surface area (Å²) < 4.78 is 58.4. The van der Waals surface area contributed by atoms with Gasteiger partial charge in [0.15, 0.2) is 0 Å². The van der Waals surface area contributed by atoms with Gasteiger partial charge in [0, 0.05) is 39.1 Å². The lowest BCUT2D eigenvalue weighted by molar-refractivity contribution is -0.132.